The van der Waals surface area contributed by atoms with Crippen molar-refractivity contribution in [3.05, 3.63) is 35.9 Å². The standard InChI is InChI=1S/C20H29N3O2/c1-13(2)10-18(24)23-19(14-6-4-3-5-7-14)20(25)22-17-11-15-8-9-16(12-17)21-15/h3-7,13,15-17,19,21H,8-12H2,1-2H3,(H,22,25)(H,23,24). The summed E-state index contributed by atoms with van der Waals surface area (Å²) in [4.78, 5) is 25.2. The predicted molar refractivity (Wildman–Crippen MR) is 97.9 cm³/mol. The first kappa shape index (κ1) is 17.9. The van der Waals surface area contributed by atoms with Gasteiger partial charge in [0.05, 0.1) is 0 Å². The first-order valence-corrected chi connectivity index (χ1v) is 9.42. The molecule has 2 bridgehead atoms. The van der Waals surface area contributed by atoms with Gasteiger partial charge in [-0.1, -0.05) is 44.2 Å². The van der Waals surface area contributed by atoms with E-state index in [2.05, 4.69) is 16.0 Å². The van der Waals surface area contributed by atoms with E-state index >= 15 is 0 Å². The van der Waals surface area contributed by atoms with Crippen LogP contribution in [0.2, 0.25) is 0 Å². The average molecular weight is 343 g/mol. The summed E-state index contributed by atoms with van der Waals surface area (Å²) in [7, 11) is 0. The van der Waals surface area contributed by atoms with Crippen LogP contribution in [0.4, 0.5) is 0 Å². The van der Waals surface area contributed by atoms with Crippen LogP contribution in [0.15, 0.2) is 30.3 Å². The molecule has 3 N–H and O–H groups in total. The Labute approximate surface area is 150 Å². The monoisotopic (exact) mass is 343 g/mol. The zero-order valence-electron chi connectivity index (χ0n) is 15.1. The largest absolute Gasteiger partial charge is 0.351 e. The fourth-order valence-electron chi connectivity index (χ4n) is 4.00. The fraction of sp³-hybridized carbons (Fsp3) is 0.600. The molecule has 0 aliphatic carbocycles. The van der Waals surface area contributed by atoms with E-state index in [0.29, 0.717) is 18.5 Å². The number of benzene rings is 1. The van der Waals surface area contributed by atoms with Crippen molar-refractivity contribution in [2.75, 3.05) is 0 Å². The number of amides is 2. The maximum absolute atomic E-state index is 12.9. The molecule has 2 aliphatic rings. The molecule has 1 aromatic rings. The summed E-state index contributed by atoms with van der Waals surface area (Å²) in [5.74, 6) is 0.0820. The molecule has 5 heteroatoms. The third kappa shape index (κ3) is 4.82. The Morgan fingerprint density at radius 1 is 1.12 bits per heavy atom. The van der Waals surface area contributed by atoms with Crippen LogP contribution in [0.3, 0.4) is 0 Å². The van der Waals surface area contributed by atoms with Gasteiger partial charge in [0.1, 0.15) is 6.04 Å². The van der Waals surface area contributed by atoms with Crippen LogP contribution in [0.25, 0.3) is 0 Å². The molecule has 0 saturated carbocycles. The zero-order chi connectivity index (χ0) is 17.8. The summed E-state index contributed by atoms with van der Waals surface area (Å²) in [6.07, 6.45) is 4.77. The second-order valence-electron chi connectivity index (χ2n) is 7.82. The van der Waals surface area contributed by atoms with Crippen molar-refractivity contribution < 1.29 is 9.59 Å². The average Bonchev–Trinajstić information content (AvgIpc) is 2.91. The fourth-order valence-corrected chi connectivity index (χ4v) is 4.00. The summed E-state index contributed by atoms with van der Waals surface area (Å²) < 4.78 is 0. The Bertz CT molecular complexity index is 590. The first-order chi connectivity index (χ1) is 12.0. The van der Waals surface area contributed by atoms with Crippen molar-refractivity contribution in [2.24, 2.45) is 5.92 Å². The number of piperidine rings is 1. The van der Waals surface area contributed by atoms with Crippen LogP contribution in [0, 0.1) is 5.92 Å². The summed E-state index contributed by atoms with van der Waals surface area (Å²) in [5.41, 5.74) is 0.828. The molecule has 2 fully saturated rings. The Balaban J connectivity index is 1.67. The van der Waals surface area contributed by atoms with Crippen LogP contribution < -0.4 is 16.0 Å². The van der Waals surface area contributed by atoms with E-state index in [4.69, 9.17) is 0 Å². The summed E-state index contributed by atoms with van der Waals surface area (Å²) in [6.45, 7) is 4.00. The van der Waals surface area contributed by atoms with Crippen LogP contribution in [-0.2, 0) is 9.59 Å². The predicted octanol–water partition coefficient (Wildman–Crippen LogP) is 2.29. The van der Waals surface area contributed by atoms with E-state index in [-0.39, 0.29) is 23.8 Å². The second-order valence-corrected chi connectivity index (χ2v) is 7.82. The molecule has 0 spiro atoms. The molecule has 136 valence electrons. The van der Waals surface area contributed by atoms with Gasteiger partial charge in [0, 0.05) is 24.5 Å². The van der Waals surface area contributed by atoms with Crippen LogP contribution in [-0.4, -0.2) is 29.9 Å². The van der Waals surface area contributed by atoms with E-state index in [0.717, 1.165) is 18.4 Å². The van der Waals surface area contributed by atoms with Crippen molar-refractivity contribution in [3.8, 4) is 0 Å². The van der Waals surface area contributed by atoms with Gasteiger partial charge >= 0.3 is 0 Å². The van der Waals surface area contributed by atoms with Gasteiger partial charge < -0.3 is 16.0 Å². The summed E-state index contributed by atoms with van der Waals surface area (Å²) in [6, 6.07) is 10.1. The van der Waals surface area contributed by atoms with Gasteiger partial charge in [-0.2, -0.15) is 0 Å². The van der Waals surface area contributed by atoms with Crippen molar-refractivity contribution >= 4 is 11.8 Å². The van der Waals surface area contributed by atoms with Gasteiger partial charge in [0.2, 0.25) is 11.8 Å². The minimum Gasteiger partial charge on any atom is -0.351 e. The molecule has 5 nitrogen and oxygen atoms in total. The van der Waals surface area contributed by atoms with E-state index in [1.165, 1.54) is 12.8 Å². The number of hydrogen-bond acceptors (Lipinski definition) is 3. The second kappa shape index (κ2) is 8.00. The highest BCUT2D eigenvalue weighted by atomic mass is 16.2. The maximum atomic E-state index is 12.9. The van der Waals surface area contributed by atoms with Gasteiger partial charge in [-0.25, -0.2) is 0 Å². The molecule has 2 heterocycles. The molecule has 2 aliphatic heterocycles. The molecule has 3 atom stereocenters. The lowest BCUT2D eigenvalue weighted by atomic mass is 9.98. The van der Waals surface area contributed by atoms with Gasteiger partial charge in [-0.3, -0.25) is 9.59 Å². The van der Waals surface area contributed by atoms with E-state index in [1.807, 2.05) is 44.2 Å². The third-order valence-electron chi connectivity index (χ3n) is 5.11. The molecule has 3 rings (SSSR count). The highest BCUT2D eigenvalue weighted by Gasteiger charge is 2.35. The minimum atomic E-state index is -0.625. The van der Waals surface area contributed by atoms with Gasteiger partial charge in [0.25, 0.3) is 0 Å². The highest BCUT2D eigenvalue weighted by molar-refractivity contribution is 5.88. The molecule has 0 aromatic heterocycles. The first-order valence-electron chi connectivity index (χ1n) is 9.42. The lowest BCUT2D eigenvalue weighted by Crippen LogP contribution is -2.51. The molecule has 0 radical (unpaired) electrons. The third-order valence-corrected chi connectivity index (χ3v) is 5.11. The number of hydrogen-bond donors (Lipinski definition) is 3. The normalized spacial score (nSPS) is 26.3. The molecule has 2 amide bonds. The molecular formula is C20H29N3O2. The van der Waals surface area contributed by atoms with Crippen LogP contribution in [0.1, 0.15) is 57.6 Å². The number of carbonyl (C=O) groups excluding carboxylic acids is 2. The highest BCUT2D eigenvalue weighted by Crippen LogP contribution is 2.27. The van der Waals surface area contributed by atoms with Crippen molar-refractivity contribution in [1.29, 1.82) is 0 Å². The smallest absolute Gasteiger partial charge is 0.247 e. The SMILES string of the molecule is CC(C)CC(=O)NC(C(=O)NC1CC2CCC(C1)N2)c1ccccc1. The Morgan fingerprint density at radius 3 is 2.36 bits per heavy atom. The van der Waals surface area contributed by atoms with Crippen molar-refractivity contribution in [1.82, 2.24) is 16.0 Å². The topological polar surface area (TPSA) is 70.2 Å². The van der Waals surface area contributed by atoms with Crippen molar-refractivity contribution in [3.63, 3.8) is 0 Å². The quantitative estimate of drug-likeness (QED) is 0.742. The Kier molecular flexibility index (Phi) is 5.74. The van der Waals surface area contributed by atoms with Crippen LogP contribution >= 0.6 is 0 Å². The molecule has 2 saturated heterocycles. The van der Waals surface area contributed by atoms with Gasteiger partial charge in [0.15, 0.2) is 0 Å². The zero-order valence-corrected chi connectivity index (χ0v) is 15.1. The molecule has 25 heavy (non-hydrogen) atoms. The Hall–Kier alpha value is -1.88. The summed E-state index contributed by atoms with van der Waals surface area (Å²) in [5, 5.41) is 9.70. The van der Waals surface area contributed by atoms with Gasteiger partial charge in [-0.05, 0) is 37.2 Å². The number of fused-ring (bicyclic) bond motifs is 2. The van der Waals surface area contributed by atoms with E-state index in [9.17, 15) is 9.59 Å². The molecular weight excluding hydrogens is 314 g/mol. The van der Waals surface area contributed by atoms with Crippen molar-refractivity contribution in [2.45, 2.75) is 70.1 Å². The number of carbonyl (C=O) groups is 2. The maximum Gasteiger partial charge on any atom is 0.247 e. The minimum absolute atomic E-state index is 0.0793. The lowest BCUT2D eigenvalue weighted by molar-refractivity contribution is -0.130. The summed E-state index contributed by atoms with van der Waals surface area (Å²) >= 11 is 0. The number of nitrogens with one attached hydrogen (secondary N) is 3. The molecule has 3 unspecified atom stereocenters. The molecule has 1 aromatic carbocycles. The lowest BCUT2D eigenvalue weighted by Gasteiger charge is -2.31. The van der Waals surface area contributed by atoms with Crippen LogP contribution in [0.5, 0.6) is 0 Å². The number of rotatable bonds is 6. The van der Waals surface area contributed by atoms with E-state index in [1.54, 1.807) is 0 Å². The Morgan fingerprint density at radius 2 is 1.76 bits per heavy atom. The van der Waals surface area contributed by atoms with Gasteiger partial charge in [-0.15, -0.1) is 0 Å². The van der Waals surface area contributed by atoms with E-state index < -0.39 is 6.04 Å².